The van der Waals surface area contributed by atoms with E-state index < -0.39 is 0 Å². The second-order valence-electron chi connectivity index (χ2n) is 6.62. The number of hydrogen-bond acceptors (Lipinski definition) is 3. The maximum Gasteiger partial charge on any atom is 0.0108 e. The normalized spacial score (nSPS) is 30.5. The van der Waals surface area contributed by atoms with Crippen LogP contribution in [-0.4, -0.2) is 48.6 Å². The first-order valence-corrected chi connectivity index (χ1v) is 9.44. The van der Waals surface area contributed by atoms with Crippen LogP contribution in [0.15, 0.2) is 0 Å². The summed E-state index contributed by atoms with van der Waals surface area (Å²) in [6.45, 7) is 9.84. The van der Waals surface area contributed by atoms with Crippen LogP contribution in [-0.2, 0) is 0 Å². The Morgan fingerprint density at radius 3 is 2.63 bits per heavy atom. The standard InChI is InChI=1S/C16H32N2S/c1-14(2)15-4-3-5-16(7-6-15)17-8-9-18-10-12-19-13-11-18/h14-17H,3-13H2,1-2H3. The Bertz CT molecular complexity index is 239. The zero-order valence-corrected chi connectivity index (χ0v) is 13.7. The molecular formula is C16H32N2S. The molecule has 2 atom stereocenters. The van der Waals surface area contributed by atoms with Crippen LogP contribution in [0.4, 0.5) is 0 Å². The zero-order chi connectivity index (χ0) is 13.5. The van der Waals surface area contributed by atoms with E-state index in [1.54, 1.807) is 0 Å². The van der Waals surface area contributed by atoms with Gasteiger partial charge in [-0.25, -0.2) is 0 Å². The molecule has 0 radical (unpaired) electrons. The summed E-state index contributed by atoms with van der Waals surface area (Å²) >= 11 is 2.10. The minimum Gasteiger partial charge on any atom is -0.313 e. The lowest BCUT2D eigenvalue weighted by Crippen LogP contribution is -2.40. The van der Waals surface area contributed by atoms with Gasteiger partial charge in [0.2, 0.25) is 0 Å². The van der Waals surface area contributed by atoms with Gasteiger partial charge in [0, 0.05) is 43.7 Å². The van der Waals surface area contributed by atoms with Gasteiger partial charge >= 0.3 is 0 Å². The van der Waals surface area contributed by atoms with Crippen molar-refractivity contribution in [1.82, 2.24) is 10.2 Å². The quantitative estimate of drug-likeness (QED) is 0.780. The SMILES string of the molecule is CC(C)C1CCCC(NCCN2CCSCC2)CC1. The lowest BCUT2D eigenvalue weighted by molar-refractivity contribution is 0.290. The van der Waals surface area contributed by atoms with E-state index in [1.165, 1.54) is 69.8 Å². The highest BCUT2D eigenvalue weighted by Crippen LogP contribution is 2.28. The van der Waals surface area contributed by atoms with Crippen LogP contribution < -0.4 is 5.32 Å². The van der Waals surface area contributed by atoms with Crippen LogP contribution in [0.5, 0.6) is 0 Å². The van der Waals surface area contributed by atoms with Crippen LogP contribution in [0.1, 0.15) is 46.0 Å². The van der Waals surface area contributed by atoms with E-state index in [2.05, 4.69) is 35.8 Å². The summed E-state index contributed by atoms with van der Waals surface area (Å²) in [5, 5.41) is 3.82. The minimum atomic E-state index is 0.794. The first-order valence-electron chi connectivity index (χ1n) is 8.29. The van der Waals surface area contributed by atoms with Crippen LogP contribution in [0.2, 0.25) is 0 Å². The second-order valence-corrected chi connectivity index (χ2v) is 7.84. The van der Waals surface area contributed by atoms with Crippen LogP contribution in [0.3, 0.4) is 0 Å². The molecule has 2 unspecified atom stereocenters. The Morgan fingerprint density at radius 2 is 1.89 bits per heavy atom. The lowest BCUT2D eigenvalue weighted by atomic mass is 9.89. The number of nitrogens with zero attached hydrogens (tertiary/aromatic N) is 1. The molecule has 1 heterocycles. The highest BCUT2D eigenvalue weighted by Gasteiger charge is 2.20. The van der Waals surface area contributed by atoms with E-state index in [4.69, 9.17) is 0 Å². The van der Waals surface area contributed by atoms with Gasteiger partial charge in [0.1, 0.15) is 0 Å². The predicted octanol–water partition coefficient (Wildman–Crippen LogP) is 3.23. The van der Waals surface area contributed by atoms with Crippen molar-refractivity contribution >= 4 is 11.8 Å². The molecule has 112 valence electrons. The Morgan fingerprint density at radius 1 is 1.11 bits per heavy atom. The summed E-state index contributed by atoms with van der Waals surface area (Å²) in [5.74, 6) is 4.52. The van der Waals surface area contributed by atoms with Crippen LogP contribution >= 0.6 is 11.8 Å². The van der Waals surface area contributed by atoms with Crippen molar-refractivity contribution in [2.75, 3.05) is 37.7 Å². The van der Waals surface area contributed by atoms with Crippen molar-refractivity contribution in [3.63, 3.8) is 0 Å². The van der Waals surface area contributed by atoms with E-state index in [9.17, 15) is 0 Å². The molecule has 1 aliphatic heterocycles. The predicted molar refractivity (Wildman–Crippen MR) is 87.0 cm³/mol. The van der Waals surface area contributed by atoms with E-state index in [0.29, 0.717) is 0 Å². The molecule has 1 saturated carbocycles. The summed E-state index contributed by atoms with van der Waals surface area (Å²) in [5.41, 5.74) is 0. The van der Waals surface area contributed by atoms with Crippen molar-refractivity contribution in [2.24, 2.45) is 11.8 Å². The molecule has 1 saturated heterocycles. The third kappa shape index (κ3) is 5.65. The fourth-order valence-electron chi connectivity index (χ4n) is 3.45. The summed E-state index contributed by atoms with van der Waals surface area (Å²) in [7, 11) is 0. The molecule has 1 aliphatic carbocycles. The van der Waals surface area contributed by atoms with E-state index in [1.807, 2.05) is 0 Å². The average Bonchev–Trinajstić information content (AvgIpc) is 2.66. The number of thioether (sulfide) groups is 1. The third-order valence-corrected chi connectivity index (χ3v) is 5.86. The molecule has 2 fully saturated rings. The molecule has 3 heteroatoms. The molecule has 0 aromatic carbocycles. The molecule has 1 N–H and O–H groups in total. The maximum absolute atomic E-state index is 3.82. The Hall–Kier alpha value is 0.270. The number of rotatable bonds is 5. The molecule has 0 aromatic heterocycles. The average molecular weight is 285 g/mol. The highest BCUT2D eigenvalue weighted by atomic mass is 32.2. The monoisotopic (exact) mass is 284 g/mol. The molecule has 19 heavy (non-hydrogen) atoms. The molecule has 2 aliphatic rings. The molecule has 0 amide bonds. The van der Waals surface area contributed by atoms with Crippen molar-refractivity contribution in [3.05, 3.63) is 0 Å². The number of nitrogens with one attached hydrogen (secondary N) is 1. The smallest absolute Gasteiger partial charge is 0.0108 e. The summed E-state index contributed by atoms with van der Waals surface area (Å²) in [6.07, 6.45) is 7.13. The molecule has 0 spiro atoms. The third-order valence-electron chi connectivity index (χ3n) is 4.92. The van der Waals surface area contributed by atoms with Gasteiger partial charge in [-0.3, -0.25) is 0 Å². The van der Waals surface area contributed by atoms with Crippen molar-refractivity contribution < 1.29 is 0 Å². The fourth-order valence-corrected chi connectivity index (χ4v) is 4.43. The van der Waals surface area contributed by atoms with Gasteiger partial charge in [0.05, 0.1) is 0 Å². The van der Waals surface area contributed by atoms with Crippen molar-refractivity contribution in [3.8, 4) is 0 Å². The zero-order valence-electron chi connectivity index (χ0n) is 12.9. The van der Waals surface area contributed by atoms with E-state index in [0.717, 1.165) is 17.9 Å². The van der Waals surface area contributed by atoms with Gasteiger partial charge in [0.15, 0.2) is 0 Å². The summed E-state index contributed by atoms with van der Waals surface area (Å²) in [4.78, 5) is 2.62. The molecular weight excluding hydrogens is 252 g/mol. The first kappa shape index (κ1) is 15.7. The highest BCUT2D eigenvalue weighted by molar-refractivity contribution is 7.99. The van der Waals surface area contributed by atoms with Crippen LogP contribution in [0, 0.1) is 11.8 Å². The van der Waals surface area contributed by atoms with Gasteiger partial charge in [-0.15, -0.1) is 0 Å². The Kier molecular flexibility index (Phi) is 7.03. The van der Waals surface area contributed by atoms with Gasteiger partial charge in [-0.2, -0.15) is 11.8 Å². The van der Waals surface area contributed by atoms with Gasteiger partial charge < -0.3 is 10.2 Å². The van der Waals surface area contributed by atoms with E-state index >= 15 is 0 Å². The Balaban J connectivity index is 1.60. The van der Waals surface area contributed by atoms with E-state index in [-0.39, 0.29) is 0 Å². The molecule has 0 aromatic rings. The minimum absolute atomic E-state index is 0.794. The molecule has 2 rings (SSSR count). The van der Waals surface area contributed by atoms with Gasteiger partial charge in [0.25, 0.3) is 0 Å². The van der Waals surface area contributed by atoms with Crippen LogP contribution in [0.25, 0.3) is 0 Å². The topological polar surface area (TPSA) is 15.3 Å². The Labute approximate surface area is 124 Å². The van der Waals surface area contributed by atoms with Crippen molar-refractivity contribution in [2.45, 2.75) is 52.0 Å². The summed E-state index contributed by atoms with van der Waals surface area (Å²) in [6, 6.07) is 0.794. The van der Waals surface area contributed by atoms with Crippen molar-refractivity contribution in [1.29, 1.82) is 0 Å². The molecule has 2 nitrogen and oxygen atoms in total. The maximum atomic E-state index is 3.82. The van der Waals surface area contributed by atoms with Gasteiger partial charge in [-0.05, 0) is 31.1 Å². The lowest BCUT2D eigenvalue weighted by Gasteiger charge is -2.27. The fraction of sp³-hybridized carbons (Fsp3) is 1.00. The first-order chi connectivity index (χ1) is 9.25. The largest absolute Gasteiger partial charge is 0.313 e. The number of hydrogen-bond donors (Lipinski definition) is 1. The second kappa shape index (κ2) is 8.53. The van der Waals surface area contributed by atoms with Gasteiger partial charge in [-0.1, -0.05) is 26.7 Å². The molecule has 0 bridgehead atoms. The summed E-state index contributed by atoms with van der Waals surface area (Å²) < 4.78 is 0.